The Bertz CT molecular complexity index is 1180. The number of rotatable bonds is 5. The van der Waals surface area contributed by atoms with Crippen LogP contribution in [0.4, 0.5) is 5.69 Å². The van der Waals surface area contributed by atoms with E-state index in [4.69, 9.17) is 0 Å². The van der Waals surface area contributed by atoms with Crippen LogP contribution < -0.4 is 10.5 Å². The quantitative estimate of drug-likeness (QED) is 0.673. The van der Waals surface area contributed by atoms with Gasteiger partial charge in [-0.1, -0.05) is 44.2 Å². The number of hydrogen-bond acceptors (Lipinski definition) is 5. The summed E-state index contributed by atoms with van der Waals surface area (Å²) in [6, 6.07) is 14.7. The van der Waals surface area contributed by atoms with Gasteiger partial charge in [0.15, 0.2) is 5.71 Å². The van der Waals surface area contributed by atoms with Crippen molar-refractivity contribution in [2.75, 3.05) is 24.7 Å². The van der Waals surface area contributed by atoms with Crippen LogP contribution in [-0.2, 0) is 4.79 Å². The fraction of sp³-hybridized carbons (Fsp3) is 0.273. The molecular weight excluding hydrogens is 366 g/mol. The molecule has 0 aliphatic carbocycles. The lowest BCUT2D eigenvalue weighted by atomic mass is 10.1. The molecular formula is C22H23N5O2. The summed E-state index contributed by atoms with van der Waals surface area (Å²) in [7, 11) is 0. The van der Waals surface area contributed by atoms with E-state index in [2.05, 4.69) is 28.8 Å². The first-order valence-electron chi connectivity index (χ1n) is 9.76. The maximum absolute atomic E-state index is 13.3. The molecule has 1 amide bonds. The molecule has 0 saturated carbocycles. The highest BCUT2D eigenvalue weighted by molar-refractivity contribution is 6.54. The number of aromatic nitrogens is 2. The van der Waals surface area contributed by atoms with Gasteiger partial charge in [0, 0.05) is 5.56 Å². The molecule has 7 heteroatoms. The molecule has 0 spiro atoms. The van der Waals surface area contributed by atoms with Crippen molar-refractivity contribution < 1.29 is 4.79 Å². The number of carbonyl (C=O) groups excluding carboxylic acids is 1. The van der Waals surface area contributed by atoms with Gasteiger partial charge in [-0.05, 0) is 38.2 Å². The Balaban J connectivity index is 1.85. The first-order chi connectivity index (χ1) is 14.0. The van der Waals surface area contributed by atoms with Crippen LogP contribution in [0.15, 0.2) is 58.4 Å². The van der Waals surface area contributed by atoms with Gasteiger partial charge in [-0.2, -0.15) is 9.78 Å². The standard InChI is InChI=1S/C22H23N5O2/c1-4-25(5-2)14-26-19-13-9-7-11-17(19)20(22(26)29)24-27-15(3)23-18-12-8-6-10-16(18)21(27)28/h6-13H,4-5,14H2,1-3H3/b24-20+. The molecule has 4 rings (SSSR count). The zero-order valence-corrected chi connectivity index (χ0v) is 16.8. The lowest BCUT2D eigenvalue weighted by Gasteiger charge is -2.25. The Hall–Kier alpha value is -3.32. The number of amides is 1. The highest BCUT2D eigenvalue weighted by atomic mass is 16.2. The second kappa shape index (κ2) is 7.60. The number of aryl methyl sites for hydroxylation is 1. The van der Waals surface area contributed by atoms with Crippen molar-refractivity contribution in [2.24, 2.45) is 5.10 Å². The molecule has 2 heterocycles. The lowest BCUT2D eigenvalue weighted by Crippen LogP contribution is -2.41. The Morgan fingerprint density at radius 3 is 2.45 bits per heavy atom. The van der Waals surface area contributed by atoms with Gasteiger partial charge in [-0.15, -0.1) is 0 Å². The average Bonchev–Trinajstić information content (AvgIpc) is 3.00. The molecule has 2 aromatic carbocycles. The van der Waals surface area contributed by atoms with Crippen molar-refractivity contribution in [3.63, 3.8) is 0 Å². The maximum Gasteiger partial charge on any atom is 0.282 e. The summed E-state index contributed by atoms with van der Waals surface area (Å²) in [5, 5.41) is 4.96. The van der Waals surface area contributed by atoms with Crippen LogP contribution in [0.25, 0.3) is 10.9 Å². The van der Waals surface area contributed by atoms with E-state index in [1.807, 2.05) is 30.3 Å². The molecule has 0 radical (unpaired) electrons. The predicted molar refractivity (Wildman–Crippen MR) is 114 cm³/mol. The number of para-hydroxylation sites is 2. The number of nitrogens with zero attached hydrogens (tertiary/aromatic N) is 5. The molecule has 0 unspecified atom stereocenters. The fourth-order valence-electron chi connectivity index (χ4n) is 3.57. The van der Waals surface area contributed by atoms with Crippen LogP contribution in [-0.4, -0.2) is 45.9 Å². The van der Waals surface area contributed by atoms with E-state index in [1.54, 1.807) is 30.0 Å². The van der Waals surface area contributed by atoms with E-state index in [-0.39, 0.29) is 17.2 Å². The van der Waals surface area contributed by atoms with Crippen LogP contribution in [0.3, 0.4) is 0 Å². The lowest BCUT2D eigenvalue weighted by molar-refractivity contribution is -0.112. The molecule has 0 fully saturated rings. The van der Waals surface area contributed by atoms with Crippen LogP contribution in [0.2, 0.25) is 0 Å². The van der Waals surface area contributed by atoms with Crippen molar-refractivity contribution in [3.8, 4) is 0 Å². The fourth-order valence-corrected chi connectivity index (χ4v) is 3.57. The molecule has 0 N–H and O–H groups in total. The highest BCUT2D eigenvalue weighted by Crippen LogP contribution is 2.29. The second-order valence-electron chi connectivity index (χ2n) is 6.94. The van der Waals surface area contributed by atoms with Gasteiger partial charge in [0.25, 0.3) is 11.5 Å². The topological polar surface area (TPSA) is 70.8 Å². The van der Waals surface area contributed by atoms with Gasteiger partial charge in [-0.3, -0.25) is 19.4 Å². The molecule has 1 aromatic heterocycles. The summed E-state index contributed by atoms with van der Waals surface area (Å²) < 4.78 is 1.23. The molecule has 148 valence electrons. The summed E-state index contributed by atoms with van der Waals surface area (Å²) in [5.41, 5.74) is 2.13. The molecule has 0 atom stereocenters. The number of benzene rings is 2. The van der Waals surface area contributed by atoms with Crippen molar-refractivity contribution in [1.82, 2.24) is 14.6 Å². The van der Waals surface area contributed by atoms with Gasteiger partial charge in [0.05, 0.1) is 23.3 Å². The van der Waals surface area contributed by atoms with E-state index < -0.39 is 0 Å². The Labute approximate surface area is 168 Å². The maximum atomic E-state index is 13.3. The molecule has 0 bridgehead atoms. The normalized spacial score (nSPS) is 15.0. The zero-order chi connectivity index (χ0) is 20.5. The van der Waals surface area contributed by atoms with Crippen molar-refractivity contribution in [3.05, 3.63) is 70.3 Å². The summed E-state index contributed by atoms with van der Waals surface area (Å²) in [5.74, 6) is 0.228. The van der Waals surface area contributed by atoms with E-state index in [1.165, 1.54) is 4.68 Å². The van der Waals surface area contributed by atoms with E-state index in [0.29, 0.717) is 23.4 Å². The first kappa shape index (κ1) is 19.0. The highest BCUT2D eigenvalue weighted by Gasteiger charge is 2.35. The van der Waals surface area contributed by atoms with Gasteiger partial charge in [0.1, 0.15) is 5.82 Å². The predicted octanol–water partition coefficient (Wildman–Crippen LogP) is 2.60. The van der Waals surface area contributed by atoms with E-state index >= 15 is 0 Å². The minimum absolute atomic E-state index is 0.211. The number of hydrogen-bond donors (Lipinski definition) is 0. The SMILES string of the molecule is CCN(CC)CN1C(=O)/C(=N/n2c(C)nc3ccccc3c2=O)c2ccccc21. The largest absolute Gasteiger partial charge is 0.293 e. The third-order valence-corrected chi connectivity index (χ3v) is 5.25. The molecule has 1 aliphatic rings. The second-order valence-corrected chi connectivity index (χ2v) is 6.94. The molecule has 0 saturated heterocycles. The minimum atomic E-state index is -0.284. The number of carbonyl (C=O) groups is 1. The van der Waals surface area contributed by atoms with Gasteiger partial charge < -0.3 is 0 Å². The van der Waals surface area contributed by atoms with Crippen molar-refractivity contribution in [2.45, 2.75) is 20.8 Å². The van der Waals surface area contributed by atoms with Gasteiger partial charge in [0.2, 0.25) is 0 Å². The molecule has 7 nitrogen and oxygen atoms in total. The van der Waals surface area contributed by atoms with Crippen LogP contribution in [0.1, 0.15) is 25.2 Å². The summed E-state index contributed by atoms with van der Waals surface area (Å²) >= 11 is 0. The minimum Gasteiger partial charge on any atom is -0.293 e. The Morgan fingerprint density at radius 2 is 1.69 bits per heavy atom. The number of anilines is 1. The summed E-state index contributed by atoms with van der Waals surface area (Å²) in [4.78, 5) is 34.6. The van der Waals surface area contributed by atoms with Crippen LogP contribution in [0, 0.1) is 6.92 Å². The van der Waals surface area contributed by atoms with Crippen molar-refractivity contribution >= 4 is 28.2 Å². The van der Waals surface area contributed by atoms with Gasteiger partial charge >= 0.3 is 0 Å². The smallest absolute Gasteiger partial charge is 0.282 e. The van der Waals surface area contributed by atoms with Crippen LogP contribution >= 0.6 is 0 Å². The summed E-state index contributed by atoms with van der Waals surface area (Å²) in [6.07, 6.45) is 0. The third kappa shape index (κ3) is 3.23. The first-order valence-corrected chi connectivity index (χ1v) is 9.76. The number of fused-ring (bicyclic) bond motifs is 2. The van der Waals surface area contributed by atoms with E-state index in [9.17, 15) is 9.59 Å². The average molecular weight is 389 g/mol. The molecule has 29 heavy (non-hydrogen) atoms. The third-order valence-electron chi connectivity index (χ3n) is 5.25. The summed E-state index contributed by atoms with van der Waals surface area (Å²) in [6.45, 7) is 8.00. The van der Waals surface area contributed by atoms with Crippen molar-refractivity contribution in [1.29, 1.82) is 0 Å². The van der Waals surface area contributed by atoms with Crippen LogP contribution in [0.5, 0.6) is 0 Å². The van der Waals surface area contributed by atoms with Gasteiger partial charge in [-0.25, -0.2) is 4.98 Å². The zero-order valence-electron chi connectivity index (χ0n) is 16.8. The Morgan fingerprint density at radius 1 is 1.00 bits per heavy atom. The molecule has 1 aliphatic heterocycles. The monoisotopic (exact) mass is 389 g/mol. The molecule has 3 aromatic rings. The van der Waals surface area contributed by atoms with E-state index in [0.717, 1.165) is 24.3 Å². The Kier molecular flexibility index (Phi) is 4.98.